The van der Waals surface area contributed by atoms with E-state index in [1.165, 1.54) is 12.1 Å². The summed E-state index contributed by atoms with van der Waals surface area (Å²) in [5.41, 5.74) is -0.937. The van der Waals surface area contributed by atoms with Crippen LogP contribution in [0.1, 0.15) is 38.2 Å². The number of nitrogens with one attached hydrogen (secondary N) is 2. The molecule has 2 N–H and O–H groups in total. The van der Waals surface area contributed by atoms with Gasteiger partial charge >= 0.3 is 18.0 Å². The van der Waals surface area contributed by atoms with Crippen LogP contribution in [0.15, 0.2) is 24.3 Å². The molecule has 0 aromatic heterocycles. The molecule has 0 radical (unpaired) electrons. The van der Waals surface area contributed by atoms with Gasteiger partial charge in [-0.15, -0.1) is 0 Å². The Morgan fingerprint density at radius 3 is 2.48 bits per heavy atom. The summed E-state index contributed by atoms with van der Waals surface area (Å²) in [5, 5.41) is 4.87. The van der Waals surface area contributed by atoms with Gasteiger partial charge < -0.3 is 10.6 Å². The number of amides is 2. The molecule has 1 saturated carbocycles. The molecule has 0 spiro atoms. The van der Waals surface area contributed by atoms with Crippen molar-refractivity contribution in [3.8, 4) is 0 Å². The first-order valence-corrected chi connectivity index (χ1v) is 7.56. The number of benzene rings is 1. The van der Waals surface area contributed by atoms with Gasteiger partial charge in [0.2, 0.25) is 0 Å². The van der Waals surface area contributed by atoms with Gasteiger partial charge in [0.25, 0.3) is 0 Å². The summed E-state index contributed by atoms with van der Waals surface area (Å²) in [5.74, 6) is -1.49. The molecule has 126 valence electrons. The normalized spacial score (nSPS) is 21.6. The molecule has 2 unspecified atom stereocenters. The summed E-state index contributed by atoms with van der Waals surface area (Å²) in [7, 11) is 0. The van der Waals surface area contributed by atoms with E-state index in [2.05, 4.69) is 10.6 Å². The third-order valence-electron chi connectivity index (χ3n) is 4.08. The maximum atomic E-state index is 12.6. The predicted molar refractivity (Wildman–Crippen MR) is 79.6 cm³/mol. The SMILES string of the molecule is CC1CCCCC1NC(=O)C(=O)Nc1cccc(C(F)(F)F)c1. The number of carbonyl (C=O) groups excluding carboxylic acids is 2. The van der Waals surface area contributed by atoms with E-state index in [1.807, 2.05) is 6.92 Å². The van der Waals surface area contributed by atoms with Crippen molar-refractivity contribution in [2.24, 2.45) is 5.92 Å². The third-order valence-corrected chi connectivity index (χ3v) is 4.08. The summed E-state index contributed by atoms with van der Waals surface area (Å²) in [6.45, 7) is 2.01. The summed E-state index contributed by atoms with van der Waals surface area (Å²) in [4.78, 5) is 23.7. The fraction of sp³-hybridized carbons (Fsp3) is 0.500. The molecular formula is C16H19F3N2O2. The van der Waals surface area contributed by atoms with Crippen LogP contribution >= 0.6 is 0 Å². The van der Waals surface area contributed by atoms with Gasteiger partial charge in [-0.1, -0.05) is 25.8 Å². The van der Waals surface area contributed by atoms with Crippen molar-refractivity contribution in [3.05, 3.63) is 29.8 Å². The molecule has 1 aromatic carbocycles. The van der Waals surface area contributed by atoms with E-state index >= 15 is 0 Å². The molecule has 1 aliphatic carbocycles. The van der Waals surface area contributed by atoms with Gasteiger partial charge in [-0.3, -0.25) is 9.59 Å². The second-order valence-corrected chi connectivity index (χ2v) is 5.87. The molecule has 7 heteroatoms. The van der Waals surface area contributed by atoms with E-state index in [-0.39, 0.29) is 17.6 Å². The molecule has 1 aromatic rings. The first-order chi connectivity index (χ1) is 10.8. The van der Waals surface area contributed by atoms with Crippen LogP contribution in [0.5, 0.6) is 0 Å². The van der Waals surface area contributed by atoms with Crippen LogP contribution in [0.2, 0.25) is 0 Å². The zero-order chi connectivity index (χ0) is 17.0. The quantitative estimate of drug-likeness (QED) is 0.818. The number of hydrogen-bond acceptors (Lipinski definition) is 2. The van der Waals surface area contributed by atoms with E-state index in [1.54, 1.807) is 0 Å². The van der Waals surface area contributed by atoms with Crippen LogP contribution in [0.3, 0.4) is 0 Å². The molecule has 0 heterocycles. The largest absolute Gasteiger partial charge is 0.416 e. The van der Waals surface area contributed by atoms with E-state index in [9.17, 15) is 22.8 Å². The topological polar surface area (TPSA) is 58.2 Å². The molecule has 2 amide bonds. The minimum atomic E-state index is -4.50. The highest BCUT2D eigenvalue weighted by Gasteiger charge is 2.31. The van der Waals surface area contributed by atoms with Gasteiger partial charge in [0, 0.05) is 11.7 Å². The predicted octanol–water partition coefficient (Wildman–Crippen LogP) is 3.34. The Bertz CT molecular complexity index is 587. The van der Waals surface area contributed by atoms with Gasteiger partial charge in [0.15, 0.2) is 0 Å². The molecule has 0 aliphatic heterocycles. The Labute approximate surface area is 132 Å². The first kappa shape index (κ1) is 17.3. The Kier molecular flexibility index (Phi) is 5.28. The fourth-order valence-electron chi connectivity index (χ4n) is 2.73. The number of alkyl halides is 3. The molecule has 0 saturated heterocycles. The molecule has 23 heavy (non-hydrogen) atoms. The van der Waals surface area contributed by atoms with Crippen molar-refractivity contribution >= 4 is 17.5 Å². The van der Waals surface area contributed by atoms with Crippen molar-refractivity contribution < 1.29 is 22.8 Å². The van der Waals surface area contributed by atoms with Crippen molar-refractivity contribution in [3.63, 3.8) is 0 Å². The van der Waals surface area contributed by atoms with E-state index < -0.39 is 23.6 Å². The second kappa shape index (κ2) is 7.02. The van der Waals surface area contributed by atoms with Gasteiger partial charge in [0.1, 0.15) is 0 Å². The van der Waals surface area contributed by atoms with Crippen LogP contribution in [-0.4, -0.2) is 17.9 Å². The number of hydrogen-bond donors (Lipinski definition) is 2. The van der Waals surface area contributed by atoms with Gasteiger partial charge in [-0.25, -0.2) is 0 Å². The number of anilines is 1. The standard InChI is InChI=1S/C16H19F3N2O2/c1-10-5-2-3-8-13(10)21-15(23)14(22)20-12-7-4-6-11(9-12)16(17,18)19/h4,6-7,9-10,13H,2-3,5,8H2,1H3,(H,20,22)(H,21,23). The molecular weight excluding hydrogens is 309 g/mol. The van der Waals surface area contributed by atoms with E-state index in [0.29, 0.717) is 0 Å². The summed E-state index contributed by atoms with van der Waals surface area (Å²) in [6.07, 6.45) is -0.612. The molecule has 2 rings (SSSR count). The molecule has 1 aliphatic rings. The van der Waals surface area contributed by atoms with Crippen LogP contribution in [0.25, 0.3) is 0 Å². The van der Waals surface area contributed by atoms with Crippen molar-refractivity contribution in [2.45, 2.75) is 44.8 Å². The molecule has 1 fully saturated rings. The monoisotopic (exact) mass is 328 g/mol. The Balaban J connectivity index is 1.97. The second-order valence-electron chi connectivity index (χ2n) is 5.87. The van der Waals surface area contributed by atoms with E-state index in [4.69, 9.17) is 0 Å². The molecule has 0 bridgehead atoms. The average Bonchev–Trinajstić information content (AvgIpc) is 2.49. The minimum Gasteiger partial charge on any atom is -0.345 e. The Morgan fingerprint density at radius 2 is 1.83 bits per heavy atom. The number of carbonyl (C=O) groups is 2. The summed E-state index contributed by atoms with van der Waals surface area (Å²) < 4.78 is 37.9. The van der Waals surface area contributed by atoms with Gasteiger partial charge in [-0.05, 0) is 37.0 Å². The van der Waals surface area contributed by atoms with E-state index in [0.717, 1.165) is 37.8 Å². The van der Waals surface area contributed by atoms with Crippen LogP contribution in [-0.2, 0) is 15.8 Å². The van der Waals surface area contributed by atoms with Crippen molar-refractivity contribution in [2.75, 3.05) is 5.32 Å². The van der Waals surface area contributed by atoms with Crippen LogP contribution < -0.4 is 10.6 Å². The highest BCUT2D eigenvalue weighted by molar-refractivity contribution is 6.39. The lowest BCUT2D eigenvalue weighted by atomic mass is 9.86. The molecule has 2 atom stereocenters. The lowest BCUT2D eigenvalue weighted by Crippen LogP contribution is -2.45. The number of halogens is 3. The lowest BCUT2D eigenvalue weighted by molar-refractivity contribution is -0.137. The Morgan fingerprint density at radius 1 is 1.13 bits per heavy atom. The minimum absolute atomic E-state index is 0.0586. The zero-order valence-electron chi connectivity index (χ0n) is 12.7. The zero-order valence-corrected chi connectivity index (χ0v) is 12.7. The third kappa shape index (κ3) is 4.71. The van der Waals surface area contributed by atoms with Gasteiger partial charge in [0.05, 0.1) is 5.56 Å². The Hall–Kier alpha value is -2.05. The lowest BCUT2D eigenvalue weighted by Gasteiger charge is -2.29. The summed E-state index contributed by atoms with van der Waals surface area (Å²) >= 11 is 0. The van der Waals surface area contributed by atoms with Crippen molar-refractivity contribution in [1.29, 1.82) is 0 Å². The fourth-order valence-corrected chi connectivity index (χ4v) is 2.73. The number of rotatable bonds is 2. The molecule has 4 nitrogen and oxygen atoms in total. The highest BCUT2D eigenvalue weighted by atomic mass is 19.4. The highest BCUT2D eigenvalue weighted by Crippen LogP contribution is 2.30. The van der Waals surface area contributed by atoms with Crippen LogP contribution in [0, 0.1) is 5.92 Å². The van der Waals surface area contributed by atoms with Crippen molar-refractivity contribution in [1.82, 2.24) is 5.32 Å². The van der Waals surface area contributed by atoms with Gasteiger partial charge in [-0.2, -0.15) is 13.2 Å². The maximum Gasteiger partial charge on any atom is 0.416 e. The maximum absolute atomic E-state index is 12.6. The average molecular weight is 328 g/mol. The first-order valence-electron chi connectivity index (χ1n) is 7.56. The smallest absolute Gasteiger partial charge is 0.345 e. The van der Waals surface area contributed by atoms with Crippen LogP contribution in [0.4, 0.5) is 18.9 Å². The summed E-state index contributed by atoms with van der Waals surface area (Å²) in [6, 6.07) is 4.13.